The summed E-state index contributed by atoms with van der Waals surface area (Å²) in [7, 11) is 0. The highest BCUT2D eigenvalue weighted by Crippen LogP contribution is 2.13. The normalized spacial score (nSPS) is 12.7. The van der Waals surface area contributed by atoms with E-state index < -0.39 is 23.9 Å². The van der Waals surface area contributed by atoms with Gasteiger partial charge >= 0.3 is 12.1 Å². The third kappa shape index (κ3) is 4.86. The van der Waals surface area contributed by atoms with Crippen molar-refractivity contribution < 1.29 is 19.1 Å². The number of carbonyl (C=O) groups is 2. The van der Waals surface area contributed by atoms with Crippen LogP contribution < -0.4 is 5.32 Å². The fourth-order valence-corrected chi connectivity index (χ4v) is 1.16. The van der Waals surface area contributed by atoms with Crippen LogP contribution in [0.25, 0.3) is 0 Å². The van der Waals surface area contributed by atoms with Gasteiger partial charge in [-0.3, -0.25) is 10.1 Å². The second-order valence-corrected chi connectivity index (χ2v) is 4.64. The monoisotopic (exact) mass is 255 g/mol. The van der Waals surface area contributed by atoms with Gasteiger partial charge in [-0.05, 0) is 20.8 Å². The minimum atomic E-state index is -0.945. The molecule has 1 unspecified atom stereocenters. The lowest BCUT2D eigenvalue weighted by atomic mass is 10.2. The SMILES string of the molecule is CC(=O)OC(NC(=O)OC(C)(C)C)c1cnc[nH]1. The van der Waals surface area contributed by atoms with Gasteiger partial charge in [-0.25, -0.2) is 9.78 Å². The first-order chi connectivity index (χ1) is 8.28. The van der Waals surface area contributed by atoms with E-state index in [9.17, 15) is 9.59 Å². The first kappa shape index (κ1) is 14.0. The molecule has 0 aliphatic carbocycles. The molecule has 1 aromatic heterocycles. The van der Waals surface area contributed by atoms with Crippen molar-refractivity contribution in [2.45, 2.75) is 39.5 Å². The van der Waals surface area contributed by atoms with Gasteiger partial charge in [-0.15, -0.1) is 0 Å². The summed E-state index contributed by atoms with van der Waals surface area (Å²) in [4.78, 5) is 29.1. The molecule has 2 N–H and O–H groups in total. The molecule has 0 saturated heterocycles. The molecule has 1 aromatic rings. The van der Waals surface area contributed by atoms with E-state index in [1.165, 1.54) is 19.4 Å². The number of alkyl carbamates (subject to hydrolysis) is 1. The zero-order valence-corrected chi connectivity index (χ0v) is 10.8. The molecule has 7 heteroatoms. The Hall–Kier alpha value is -2.05. The molecular weight excluding hydrogens is 238 g/mol. The highest BCUT2D eigenvalue weighted by Gasteiger charge is 2.23. The Morgan fingerprint density at radius 3 is 2.56 bits per heavy atom. The Kier molecular flexibility index (Phi) is 4.30. The molecule has 0 fully saturated rings. The molecule has 1 rings (SSSR count). The van der Waals surface area contributed by atoms with E-state index in [1.54, 1.807) is 20.8 Å². The summed E-state index contributed by atoms with van der Waals surface area (Å²) >= 11 is 0. The average molecular weight is 255 g/mol. The number of aromatic nitrogens is 2. The Morgan fingerprint density at radius 2 is 2.11 bits per heavy atom. The molecule has 0 saturated carbocycles. The van der Waals surface area contributed by atoms with Crippen LogP contribution in [0.1, 0.15) is 39.6 Å². The van der Waals surface area contributed by atoms with Crippen LogP contribution in [0.3, 0.4) is 0 Å². The Balaban J connectivity index is 2.68. The molecule has 0 bridgehead atoms. The standard InChI is InChI=1S/C11H17N3O4/c1-7(15)17-9(8-5-12-6-13-8)14-10(16)18-11(2,3)4/h5-6,9H,1-4H3,(H,12,13)(H,14,16). The van der Waals surface area contributed by atoms with E-state index in [0.717, 1.165) is 0 Å². The van der Waals surface area contributed by atoms with E-state index in [2.05, 4.69) is 15.3 Å². The van der Waals surface area contributed by atoms with Crippen molar-refractivity contribution in [3.63, 3.8) is 0 Å². The minimum Gasteiger partial charge on any atom is -0.444 e. The first-order valence-electron chi connectivity index (χ1n) is 5.43. The number of hydrogen-bond donors (Lipinski definition) is 2. The van der Waals surface area contributed by atoms with Gasteiger partial charge in [0.2, 0.25) is 6.23 Å². The molecule has 18 heavy (non-hydrogen) atoms. The van der Waals surface area contributed by atoms with Crippen LogP contribution in [0.2, 0.25) is 0 Å². The number of amides is 1. The number of hydrogen-bond acceptors (Lipinski definition) is 5. The highest BCUT2D eigenvalue weighted by molar-refractivity contribution is 5.70. The van der Waals surface area contributed by atoms with Gasteiger partial charge in [0, 0.05) is 6.92 Å². The smallest absolute Gasteiger partial charge is 0.410 e. The molecule has 100 valence electrons. The van der Waals surface area contributed by atoms with Gasteiger partial charge in [0.05, 0.1) is 18.2 Å². The lowest BCUT2D eigenvalue weighted by molar-refractivity contribution is -0.148. The van der Waals surface area contributed by atoms with Crippen molar-refractivity contribution in [1.82, 2.24) is 15.3 Å². The van der Waals surface area contributed by atoms with Crippen LogP contribution in [0.4, 0.5) is 4.79 Å². The van der Waals surface area contributed by atoms with Crippen LogP contribution in [-0.2, 0) is 14.3 Å². The van der Waals surface area contributed by atoms with Crippen molar-refractivity contribution in [2.24, 2.45) is 0 Å². The molecule has 0 spiro atoms. The van der Waals surface area contributed by atoms with Gasteiger partial charge in [-0.1, -0.05) is 0 Å². The molecule has 1 amide bonds. The van der Waals surface area contributed by atoms with E-state index in [1.807, 2.05) is 0 Å². The quantitative estimate of drug-likeness (QED) is 0.630. The zero-order valence-electron chi connectivity index (χ0n) is 10.8. The molecule has 1 atom stereocenters. The maximum atomic E-state index is 11.6. The number of nitrogens with zero attached hydrogens (tertiary/aromatic N) is 1. The minimum absolute atomic E-state index is 0.455. The Bertz CT molecular complexity index is 408. The summed E-state index contributed by atoms with van der Waals surface area (Å²) in [6, 6.07) is 0. The van der Waals surface area contributed by atoms with Crippen molar-refractivity contribution in [3.05, 3.63) is 18.2 Å². The van der Waals surface area contributed by atoms with Crippen molar-refractivity contribution in [2.75, 3.05) is 0 Å². The predicted octanol–water partition coefficient (Wildman–Crippen LogP) is 1.50. The number of carbonyl (C=O) groups excluding carboxylic acids is 2. The largest absolute Gasteiger partial charge is 0.444 e. The van der Waals surface area contributed by atoms with E-state index in [0.29, 0.717) is 5.69 Å². The molecule has 1 heterocycles. The summed E-state index contributed by atoms with van der Waals surface area (Å²) in [5.74, 6) is -0.523. The van der Waals surface area contributed by atoms with E-state index >= 15 is 0 Å². The summed E-state index contributed by atoms with van der Waals surface area (Å²) in [6.45, 7) is 6.47. The van der Waals surface area contributed by atoms with Gasteiger partial charge in [0.15, 0.2) is 0 Å². The Labute approximate surface area is 105 Å². The van der Waals surface area contributed by atoms with Crippen molar-refractivity contribution >= 4 is 12.1 Å². The van der Waals surface area contributed by atoms with Crippen LogP contribution in [0.15, 0.2) is 12.5 Å². The van der Waals surface area contributed by atoms with Gasteiger partial charge < -0.3 is 14.5 Å². The molecule has 0 aromatic carbocycles. The average Bonchev–Trinajstić information content (AvgIpc) is 2.64. The van der Waals surface area contributed by atoms with E-state index in [-0.39, 0.29) is 0 Å². The topological polar surface area (TPSA) is 93.3 Å². The van der Waals surface area contributed by atoms with Crippen LogP contribution in [0, 0.1) is 0 Å². The number of nitrogens with one attached hydrogen (secondary N) is 2. The lowest BCUT2D eigenvalue weighted by Crippen LogP contribution is -2.36. The highest BCUT2D eigenvalue weighted by atomic mass is 16.6. The summed E-state index contributed by atoms with van der Waals surface area (Å²) in [5.41, 5.74) is -0.171. The number of imidazole rings is 1. The van der Waals surface area contributed by atoms with Crippen LogP contribution in [-0.4, -0.2) is 27.6 Å². The lowest BCUT2D eigenvalue weighted by Gasteiger charge is -2.22. The second-order valence-electron chi connectivity index (χ2n) is 4.64. The number of esters is 1. The van der Waals surface area contributed by atoms with E-state index in [4.69, 9.17) is 9.47 Å². The Morgan fingerprint density at radius 1 is 1.44 bits per heavy atom. The summed E-state index contributed by atoms with van der Waals surface area (Å²) < 4.78 is 10.0. The fourth-order valence-electron chi connectivity index (χ4n) is 1.16. The molecule has 0 aliphatic heterocycles. The molecule has 7 nitrogen and oxygen atoms in total. The first-order valence-corrected chi connectivity index (χ1v) is 5.43. The number of ether oxygens (including phenoxy) is 2. The predicted molar refractivity (Wildman–Crippen MR) is 62.5 cm³/mol. The van der Waals surface area contributed by atoms with Crippen LogP contribution >= 0.6 is 0 Å². The molecule has 0 aliphatic rings. The summed E-state index contributed by atoms with van der Waals surface area (Å²) in [5, 5.41) is 2.43. The number of H-pyrrole nitrogens is 1. The number of aromatic amines is 1. The van der Waals surface area contributed by atoms with Gasteiger partial charge in [0.25, 0.3) is 0 Å². The maximum Gasteiger partial charge on any atom is 0.410 e. The zero-order chi connectivity index (χ0) is 13.8. The van der Waals surface area contributed by atoms with Gasteiger partial charge in [-0.2, -0.15) is 0 Å². The maximum absolute atomic E-state index is 11.6. The third-order valence-electron chi connectivity index (χ3n) is 1.73. The fraction of sp³-hybridized carbons (Fsp3) is 0.545. The van der Waals surface area contributed by atoms with Gasteiger partial charge in [0.1, 0.15) is 5.60 Å². The number of rotatable bonds is 3. The second kappa shape index (κ2) is 5.52. The molecule has 0 radical (unpaired) electrons. The van der Waals surface area contributed by atoms with Crippen LogP contribution in [0.5, 0.6) is 0 Å². The van der Waals surface area contributed by atoms with Crippen molar-refractivity contribution in [1.29, 1.82) is 0 Å². The molecular formula is C11H17N3O4. The summed E-state index contributed by atoms with van der Waals surface area (Å²) in [6.07, 6.45) is 1.25. The third-order valence-corrected chi connectivity index (χ3v) is 1.73. The van der Waals surface area contributed by atoms with Crippen molar-refractivity contribution in [3.8, 4) is 0 Å².